The predicted molar refractivity (Wildman–Crippen MR) is 80.3 cm³/mol. The molecule has 1 aromatic rings. The summed E-state index contributed by atoms with van der Waals surface area (Å²) in [6.07, 6.45) is 2.37. The average Bonchev–Trinajstić information content (AvgIpc) is 2.96. The van der Waals surface area contributed by atoms with Gasteiger partial charge in [-0.25, -0.2) is 9.78 Å². The van der Waals surface area contributed by atoms with Crippen LogP contribution < -0.4 is 0 Å². The van der Waals surface area contributed by atoms with Crippen molar-refractivity contribution in [2.45, 2.75) is 32.7 Å². The number of hydrogen-bond donors (Lipinski definition) is 0. The SMILES string of the molecule is CCCCC(=O)N(CCOC)Cc1nc(C(=O)OC)cs1. The fourth-order valence-corrected chi connectivity index (χ4v) is 2.50. The number of nitrogens with zero attached hydrogens (tertiary/aromatic N) is 2. The van der Waals surface area contributed by atoms with Crippen molar-refractivity contribution in [1.82, 2.24) is 9.88 Å². The van der Waals surface area contributed by atoms with Gasteiger partial charge < -0.3 is 14.4 Å². The second-order valence-corrected chi connectivity index (χ2v) is 5.47. The number of esters is 1. The van der Waals surface area contributed by atoms with E-state index in [1.165, 1.54) is 18.4 Å². The van der Waals surface area contributed by atoms with Crippen molar-refractivity contribution in [2.24, 2.45) is 0 Å². The van der Waals surface area contributed by atoms with E-state index in [4.69, 9.17) is 4.74 Å². The normalized spacial score (nSPS) is 10.4. The summed E-state index contributed by atoms with van der Waals surface area (Å²) in [6, 6.07) is 0. The molecule has 1 rings (SSSR count). The Labute approximate surface area is 129 Å². The van der Waals surface area contributed by atoms with E-state index in [1.54, 1.807) is 17.4 Å². The molecule has 0 aromatic carbocycles. The van der Waals surface area contributed by atoms with Gasteiger partial charge in [-0.05, 0) is 6.42 Å². The molecule has 0 saturated carbocycles. The highest BCUT2D eigenvalue weighted by atomic mass is 32.1. The van der Waals surface area contributed by atoms with Crippen molar-refractivity contribution in [3.05, 3.63) is 16.1 Å². The van der Waals surface area contributed by atoms with Crippen LogP contribution in [0.4, 0.5) is 0 Å². The Morgan fingerprint density at radius 1 is 1.38 bits per heavy atom. The summed E-state index contributed by atoms with van der Waals surface area (Å²) in [5.74, 6) is -0.373. The molecule has 0 fully saturated rings. The maximum atomic E-state index is 12.2. The van der Waals surface area contributed by atoms with Crippen LogP contribution in [0.5, 0.6) is 0 Å². The van der Waals surface area contributed by atoms with E-state index in [9.17, 15) is 9.59 Å². The fraction of sp³-hybridized carbons (Fsp3) is 0.643. The van der Waals surface area contributed by atoms with E-state index >= 15 is 0 Å². The monoisotopic (exact) mass is 314 g/mol. The highest BCUT2D eigenvalue weighted by Gasteiger charge is 2.17. The highest BCUT2D eigenvalue weighted by Crippen LogP contribution is 2.14. The van der Waals surface area contributed by atoms with E-state index in [1.807, 2.05) is 0 Å². The molecule has 1 aromatic heterocycles. The summed E-state index contributed by atoms with van der Waals surface area (Å²) in [5.41, 5.74) is 0.283. The molecule has 0 aliphatic heterocycles. The third kappa shape index (κ3) is 5.81. The summed E-state index contributed by atoms with van der Waals surface area (Å²) < 4.78 is 9.67. The lowest BCUT2D eigenvalue weighted by Gasteiger charge is -2.21. The lowest BCUT2D eigenvalue weighted by molar-refractivity contribution is -0.132. The molecule has 0 N–H and O–H groups in total. The molecule has 0 spiro atoms. The van der Waals surface area contributed by atoms with Crippen molar-refractivity contribution in [3.8, 4) is 0 Å². The Morgan fingerprint density at radius 2 is 2.14 bits per heavy atom. The zero-order valence-electron chi connectivity index (χ0n) is 12.8. The summed E-state index contributed by atoms with van der Waals surface area (Å²) in [6.45, 7) is 3.45. The molecule has 1 amide bonds. The van der Waals surface area contributed by atoms with Gasteiger partial charge in [0.15, 0.2) is 5.69 Å². The molecule has 0 unspecified atom stereocenters. The number of unbranched alkanes of at least 4 members (excludes halogenated alkanes) is 1. The van der Waals surface area contributed by atoms with Crippen LogP contribution in [0.2, 0.25) is 0 Å². The molecule has 0 aliphatic rings. The van der Waals surface area contributed by atoms with Crippen LogP contribution in [0.3, 0.4) is 0 Å². The van der Waals surface area contributed by atoms with Gasteiger partial charge >= 0.3 is 5.97 Å². The average molecular weight is 314 g/mol. The quantitative estimate of drug-likeness (QED) is 0.653. The smallest absolute Gasteiger partial charge is 0.357 e. The fourth-order valence-electron chi connectivity index (χ4n) is 1.72. The second-order valence-electron chi connectivity index (χ2n) is 4.53. The molecule has 0 saturated heterocycles. The first kappa shape index (κ1) is 17.6. The zero-order valence-corrected chi connectivity index (χ0v) is 13.6. The van der Waals surface area contributed by atoms with Gasteiger partial charge in [0.25, 0.3) is 0 Å². The standard InChI is InChI=1S/C14H22N2O4S/c1-4-5-6-13(17)16(7-8-19-2)9-12-15-11(10-21-12)14(18)20-3/h10H,4-9H2,1-3H3. The van der Waals surface area contributed by atoms with E-state index in [2.05, 4.69) is 16.6 Å². The van der Waals surface area contributed by atoms with Crippen LogP contribution in [-0.4, -0.2) is 49.1 Å². The molecule has 1 heterocycles. The van der Waals surface area contributed by atoms with Gasteiger partial charge in [0.2, 0.25) is 5.91 Å². The second kappa shape index (κ2) is 9.46. The summed E-state index contributed by atoms with van der Waals surface area (Å²) in [5, 5.41) is 2.36. The predicted octanol–water partition coefficient (Wildman–Crippen LogP) is 2.09. The molecule has 7 heteroatoms. The van der Waals surface area contributed by atoms with Crippen molar-refractivity contribution in [1.29, 1.82) is 0 Å². The third-order valence-electron chi connectivity index (χ3n) is 2.93. The molecular weight excluding hydrogens is 292 g/mol. The van der Waals surface area contributed by atoms with Crippen LogP contribution in [0.1, 0.15) is 41.7 Å². The van der Waals surface area contributed by atoms with E-state index in [0.717, 1.165) is 17.8 Å². The number of rotatable bonds is 9. The molecule has 118 valence electrons. The van der Waals surface area contributed by atoms with Crippen LogP contribution in [0.25, 0.3) is 0 Å². The number of carbonyl (C=O) groups excluding carboxylic acids is 2. The van der Waals surface area contributed by atoms with Gasteiger partial charge in [-0.3, -0.25) is 4.79 Å². The number of aromatic nitrogens is 1. The Kier molecular flexibility index (Phi) is 7.92. The van der Waals surface area contributed by atoms with E-state index in [-0.39, 0.29) is 11.6 Å². The number of ether oxygens (including phenoxy) is 2. The van der Waals surface area contributed by atoms with Gasteiger partial charge in [-0.2, -0.15) is 0 Å². The summed E-state index contributed by atoms with van der Waals surface area (Å²) in [4.78, 5) is 29.5. The van der Waals surface area contributed by atoms with Gasteiger partial charge in [0.05, 0.1) is 20.3 Å². The van der Waals surface area contributed by atoms with Crippen LogP contribution in [-0.2, 0) is 20.8 Å². The number of thiazole rings is 1. The number of amides is 1. The third-order valence-corrected chi connectivity index (χ3v) is 3.77. The van der Waals surface area contributed by atoms with Crippen molar-refractivity contribution < 1.29 is 19.1 Å². The molecule has 0 bridgehead atoms. The Bertz CT molecular complexity index is 462. The van der Waals surface area contributed by atoms with Gasteiger partial charge in [0.1, 0.15) is 5.01 Å². The maximum Gasteiger partial charge on any atom is 0.357 e. The summed E-state index contributed by atoms with van der Waals surface area (Å²) in [7, 11) is 2.92. The van der Waals surface area contributed by atoms with Crippen LogP contribution >= 0.6 is 11.3 Å². The summed E-state index contributed by atoms with van der Waals surface area (Å²) >= 11 is 1.35. The lowest BCUT2D eigenvalue weighted by Crippen LogP contribution is -2.33. The molecular formula is C14H22N2O4S. The van der Waals surface area contributed by atoms with Gasteiger partial charge in [-0.15, -0.1) is 11.3 Å². The topological polar surface area (TPSA) is 68.7 Å². The number of hydrogen-bond acceptors (Lipinski definition) is 6. The first-order valence-corrected chi connectivity index (χ1v) is 7.79. The first-order chi connectivity index (χ1) is 10.1. The Morgan fingerprint density at radius 3 is 2.76 bits per heavy atom. The van der Waals surface area contributed by atoms with Crippen LogP contribution in [0, 0.1) is 0 Å². The highest BCUT2D eigenvalue weighted by molar-refractivity contribution is 7.09. The number of methoxy groups -OCH3 is 2. The first-order valence-electron chi connectivity index (χ1n) is 6.91. The van der Waals surface area contributed by atoms with Crippen LogP contribution in [0.15, 0.2) is 5.38 Å². The molecule has 0 aliphatic carbocycles. The van der Waals surface area contributed by atoms with Gasteiger partial charge in [0, 0.05) is 25.5 Å². The minimum absolute atomic E-state index is 0.0868. The lowest BCUT2D eigenvalue weighted by atomic mass is 10.2. The zero-order chi connectivity index (χ0) is 15.7. The van der Waals surface area contributed by atoms with Crippen molar-refractivity contribution >= 4 is 23.2 Å². The molecule has 0 atom stereocenters. The largest absolute Gasteiger partial charge is 0.464 e. The van der Waals surface area contributed by atoms with E-state index in [0.29, 0.717) is 26.1 Å². The maximum absolute atomic E-state index is 12.2. The minimum Gasteiger partial charge on any atom is -0.464 e. The molecule has 21 heavy (non-hydrogen) atoms. The van der Waals surface area contributed by atoms with E-state index < -0.39 is 5.97 Å². The Balaban J connectivity index is 2.68. The Hall–Kier alpha value is -1.47. The number of carbonyl (C=O) groups is 2. The van der Waals surface area contributed by atoms with Crippen molar-refractivity contribution in [2.75, 3.05) is 27.4 Å². The molecule has 6 nitrogen and oxygen atoms in total. The molecule has 0 radical (unpaired) electrons. The van der Waals surface area contributed by atoms with Gasteiger partial charge in [-0.1, -0.05) is 13.3 Å². The van der Waals surface area contributed by atoms with Crippen molar-refractivity contribution in [3.63, 3.8) is 0 Å². The minimum atomic E-state index is -0.460.